The van der Waals surface area contributed by atoms with Crippen LogP contribution in [-0.4, -0.2) is 16.8 Å². The van der Waals surface area contributed by atoms with Gasteiger partial charge in [0, 0.05) is 22.8 Å². The third-order valence-electron chi connectivity index (χ3n) is 3.89. The number of allylic oxidation sites excluding steroid dienone is 1. The number of anilines is 1. The van der Waals surface area contributed by atoms with E-state index in [2.05, 4.69) is 5.32 Å². The molecule has 0 aromatic heterocycles. The first-order valence-electron chi connectivity index (χ1n) is 8.25. The second kappa shape index (κ2) is 8.93. The molecule has 0 aliphatic carbocycles. The van der Waals surface area contributed by atoms with E-state index in [1.165, 1.54) is 18.2 Å². The number of carboxylic acids is 1. The molecule has 0 aliphatic heterocycles. The van der Waals surface area contributed by atoms with Crippen LogP contribution in [0, 0.1) is 12.3 Å². The van der Waals surface area contributed by atoms with Gasteiger partial charge in [-0.15, -0.1) is 0 Å². The molecule has 28 heavy (non-hydrogen) atoms. The number of aliphatic carboxylic acids is 1. The Bertz CT molecular complexity index is 924. The highest BCUT2D eigenvalue weighted by atomic mass is 35.5. The maximum atomic E-state index is 13.1. The second-order valence-electron chi connectivity index (χ2n) is 6.12. The fourth-order valence-corrected chi connectivity index (χ4v) is 2.76. The van der Waals surface area contributed by atoms with Gasteiger partial charge >= 0.3 is 12.1 Å². The summed E-state index contributed by atoms with van der Waals surface area (Å²) in [5.41, 5.74) is 1.03. The third kappa shape index (κ3) is 5.85. The summed E-state index contributed by atoms with van der Waals surface area (Å²) in [5.74, 6) is -1.07. The van der Waals surface area contributed by atoms with Crippen molar-refractivity contribution in [3.05, 3.63) is 75.8 Å². The van der Waals surface area contributed by atoms with Crippen molar-refractivity contribution in [1.82, 2.24) is 0 Å². The number of benzene rings is 2. The van der Waals surface area contributed by atoms with Crippen molar-refractivity contribution in [2.45, 2.75) is 26.1 Å². The lowest BCUT2D eigenvalue weighted by atomic mass is 10.0. The van der Waals surface area contributed by atoms with Gasteiger partial charge in [0.15, 0.2) is 0 Å². The molecule has 0 unspecified atom stereocenters. The summed E-state index contributed by atoms with van der Waals surface area (Å²) in [6.07, 6.45) is -2.30. The van der Waals surface area contributed by atoms with Gasteiger partial charge in [-0.2, -0.15) is 13.2 Å². The van der Waals surface area contributed by atoms with Crippen LogP contribution in [0.3, 0.4) is 0 Å². The Morgan fingerprint density at radius 3 is 2.57 bits per heavy atom. The van der Waals surface area contributed by atoms with E-state index >= 15 is 0 Å². The zero-order chi connectivity index (χ0) is 20.9. The Hall–Kier alpha value is -2.80. The first-order chi connectivity index (χ1) is 13.1. The minimum atomic E-state index is -4.53. The van der Waals surface area contributed by atoms with Crippen LogP contribution >= 0.6 is 11.6 Å². The molecule has 0 fully saturated rings. The number of hydrogen-bond donors (Lipinski definition) is 3. The van der Waals surface area contributed by atoms with Gasteiger partial charge in [0.2, 0.25) is 0 Å². The number of aryl methyl sites for hydroxylation is 1. The Morgan fingerprint density at radius 1 is 1.25 bits per heavy atom. The van der Waals surface area contributed by atoms with Gasteiger partial charge in [0.1, 0.15) is 0 Å². The van der Waals surface area contributed by atoms with Crippen LogP contribution in [0.5, 0.6) is 0 Å². The molecule has 4 nitrogen and oxygen atoms in total. The normalized spacial score (nSPS) is 11.6. The van der Waals surface area contributed by atoms with Gasteiger partial charge in [-0.25, -0.2) is 0 Å². The van der Waals surface area contributed by atoms with Gasteiger partial charge in [-0.3, -0.25) is 4.79 Å². The Labute approximate surface area is 165 Å². The summed E-state index contributed by atoms with van der Waals surface area (Å²) < 4.78 is 39.2. The predicted octanol–water partition coefficient (Wildman–Crippen LogP) is 5.68. The van der Waals surface area contributed by atoms with Crippen LogP contribution in [-0.2, 0) is 17.5 Å². The largest absolute Gasteiger partial charge is 0.481 e. The lowest BCUT2D eigenvalue weighted by molar-refractivity contribution is -0.138. The Balaban J connectivity index is 2.33. The number of rotatable bonds is 7. The lowest BCUT2D eigenvalue weighted by Gasteiger charge is -2.16. The third-order valence-corrected chi connectivity index (χ3v) is 4.24. The molecule has 8 heteroatoms. The maximum Gasteiger partial charge on any atom is 0.416 e. The van der Waals surface area contributed by atoms with Crippen molar-refractivity contribution >= 4 is 29.0 Å². The number of alkyl halides is 3. The van der Waals surface area contributed by atoms with Crippen LogP contribution < -0.4 is 5.32 Å². The maximum absolute atomic E-state index is 13.1. The average molecular weight is 411 g/mol. The summed E-state index contributed by atoms with van der Waals surface area (Å²) in [7, 11) is 0. The van der Waals surface area contributed by atoms with Gasteiger partial charge in [0.05, 0.1) is 17.7 Å². The van der Waals surface area contributed by atoms with Crippen LogP contribution in [0.25, 0.3) is 0 Å². The summed E-state index contributed by atoms with van der Waals surface area (Å²) in [5, 5.41) is 20.1. The zero-order valence-electron chi connectivity index (χ0n) is 14.9. The molecule has 2 aromatic carbocycles. The minimum absolute atomic E-state index is 0.104. The van der Waals surface area contributed by atoms with E-state index in [4.69, 9.17) is 22.1 Å². The number of carbonyl (C=O) groups is 1. The topological polar surface area (TPSA) is 73.2 Å². The van der Waals surface area contributed by atoms with Crippen LogP contribution in [0.2, 0.25) is 5.02 Å². The van der Waals surface area contributed by atoms with Crippen molar-refractivity contribution in [3.8, 4) is 0 Å². The van der Waals surface area contributed by atoms with Gasteiger partial charge < -0.3 is 15.8 Å². The fourth-order valence-electron chi connectivity index (χ4n) is 2.46. The number of hydrogen-bond acceptors (Lipinski definition) is 3. The Morgan fingerprint density at radius 2 is 1.96 bits per heavy atom. The fraction of sp³-hybridized carbons (Fsp3) is 0.200. The van der Waals surface area contributed by atoms with E-state index in [0.717, 1.165) is 17.7 Å². The summed E-state index contributed by atoms with van der Waals surface area (Å²) >= 11 is 6.17. The minimum Gasteiger partial charge on any atom is -0.481 e. The van der Waals surface area contributed by atoms with Crippen LogP contribution in [0.4, 0.5) is 18.9 Å². The molecular formula is C20H18ClF3N2O2. The highest BCUT2D eigenvalue weighted by Gasteiger charge is 2.31. The van der Waals surface area contributed by atoms with E-state index in [9.17, 15) is 18.0 Å². The van der Waals surface area contributed by atoms with Gasteiger partial charge in [-0.05, 0) is 42.3 Å². The molecule has 0 saturated heterocycles. The molecular weight excluding hydrogens is 393 g/mol. The molecule has 148 valence electrons. The molecule has 0 saturated carbocycles. The molecule has 0 radical (unpaired) electrons. The van der Waals surface area contributed by atoms with Gasteiger partial charge in [-0.1, -0.05) is 35.9 Å². The highest BCUT2D eigenvalue weighted by molar-refractivity contribution is 6.31. The number of halogens is 4. The quantitative estimate of drug-likeness (QED) is 0.514. The van der Waals surface area contributed by atoms with Crippen molar-refractivity contribution in [2.24, 2.45) is 0 Å². The van der Waals surface area contributed by atoms with Crippen LogP contribution in [0.15, 0.2) is 48.6 Å². The lowest BCUT2D eigenvalue weighted by Crippen LogP contribution is -2.10. The van der Waals surface area contributed by atoms with Crippen molar-refractivity contribution < 1.29 is 23.1 Å². The Kier molecular flexibility index (Phi) is 6.85. The first kappa shape index (κ1) is 21.5. The number of carboxylic acid groups (broad SMARTS) is 1. The van der Waals surface area contributed by atoms with Crippen molar-refractivity contribution in [2.75, 3.05) is 5.32 Å². The highest BCUT2D eigenvalue weighted by Crippen LogP contribution is 2.33. The molecule has 0 heterocycles. The molecule has 3 N–H and O–H groups in total. The molecule has 2 aromatic rings. The zero-order valence-corrected chi connectivity index (χ0v) is 15.7. The molecule has 2 rings (SSSR count). The average Bonchev–Trinajstić information content (AvgIpc) is 2.59. The first-order valence-corrected chi connectivity index (χ1v) is 8.63. The smallest absolute Gasteiger partial charge is 0.416 e. The molecule has 0 spiro atoms. The van der Waals surface area contributed by atoms with Gasteiger partial charge in [0.25, 0.3) is 0 Å². The standard InChI is InChI=1S/C20H18ClF3N2O2/c1-12-5-6-13(16(21)9-12)11-26-18-10-14(20(22,23)24)7-8-15(18)17(25)3-2-4-19(27)28/h2-3,5-10,25-26H,4,11H2,1H3,(H,27,28)/b3-2+,25-17?. The van der Waals surface area contributed by atoms with Crippen molar-refractivity contribution in [1.29, 1.82) is 5.41 Å². The SMILES string of the molecule is Cc1ccc(CNc2cc(C(F)(F)F)ccc2C(=N)/C=C/CC(=O)O)c(Cl)c1. The number of nitrogens with one attached hydrogen (secondary N) is 2. The second-order valence-corrected chi connectivity index (χ2v) is 6.53. The molecule has 0 bridgehead atoms. The predicted molar refractivity (Wildman–Crippen MR) is 103 cm³/mol. The van der Waals surface area contributed by atoms with Crippen LogP contribution in [0.1, 0.15) is 28.7 Å². The molecule has 0 atom stereocenters. The van der Waals surface area contributed by atoms with Crippen molar-refractivity contribution in [3.63, 3.8) is 0 Å². The molecule has 0 amide bonds. The molecule has 0 aliphatic rings. The van der Waals surface area contributed by atoms with E-state index in [1.54, 1.807) is 12.1 Å². The van der Waals surface area contributed by atoms with E-state index in [1.807, 2.05) is 13.0 Å². The monoisotopic (exact) mass is 410 g/mol. The summed E-state index contributed by atoms with van der Waals surface area (Å²) in [4.78, 5) is 10.6. The van der Waals surface area contributed by atoms with E-state index in [-0.39, 0.29) is 29.9 Å². The van der Waals surface area contributed by atoms with E-state index in [0.29, 0.717) is 10.6 Å². The van der Waals surface area contributed by atoms with E-state index < -0.39 is 17.7 Å². The summed E-state index contributed by atoms with van der Waals surface area (Å²) in [6, 6.07) is 8.37. The summed E-state index contributed by atoms with van der Waals surface area (Å²) in [6.45, 7) is 2.04.